The summed E-state index contributed by atoms with van der Waals surface area (Å²) >= 11 is 0. The van der Waals surface area contributed by atoms with Gasteiger partial charge in [-0.1, -0.05) is 17.9 Å². The Balaban J connectivity index is 2.00. The number of rotatable bonds is 1. The molecule has 4 heteroatoms. The molecule has 0 spiro atoms. The van der Waals surface area contributed by atoms with Crippen LogP contribution in [0.2, 0.25) is 0 Å². The number of nitrogens with one attached hydrogen (secondary N) is 1. The quantitative estimate of drug-likeness (QED) is 0.472. The topological polar surface area (TPSA) is 79.1 Å². The van der Waals surface area contributed by atoms with Crippen molar-refractivity contribution in [3.05, 3.63) is 65.4 Å². The Morgan fingerprint density at radius 3 is 2.81 bits per heavy atom. The average molecular weight is 276 g/mol. The van der Waals surface area contributed by atoms with Gasteiger partial charge in [0.05, 0.1) is 11.3 Å². The number of hydrogen-bond donors (Lipinski definition) is 3. The van der Waals surface area contributed by atoms with Crippen molar-refractivity contribution in [2.24, 2.45) is 0 Å². The summed E-state index contributed by atoms with van der Waals surface area (Å²) in [5.74, 6) is 4.89. The fourth-order valence-electron chi connectivity index (χ4n) is 2.13. The molecule has 0 aliphatic rings. The van der Waals surface area contributed by atoms with Gasteiger partial charge < -0.3 is 15.8 Å². The number of carbonyl (C=O) groups is 1. The van der Waals surface area contributed by atoms with Crippen molar-refractivity contribution in [1.29, 1.82) is 0 Å². The van der Waals surface area contributed by atoms with Crippen LogP contribution in [0, 0.1) is 11.8 Å². The Kier molecular flexibility index (Phi) is 3.09. The van der Waals surface area contributed by atoms with Gasteiger partial charge >= 0.3 is 5.97 Å². The first kappa shape index (κ1) is 12.8. The number of hydrogen-bond acceptors (Lipinski definition) is 2. The summed E-state index contributed by atoms with van der Waals surface area (Å²) in [6, 6.07) is 12.6. The number of aromatic nitrogens is 1. The van der Waals surface area contributed by atoms with Gasteiger partial charge in [-0.25, -0.2) is 4.79 Å². The second-order valence-corrected chi connectivity index (χ2v) is 4.60. The van der Waals surface area contributed by atoms with E-state index in [2.05, 4.69) is 16.8 Å². The lowest BCUT2D eigenvalue weighted by atomic mass is 10.1. The Bertz CT molecular complexity index is 898. The van der Waals surface area contributed by atoms with Gasteiger partial charge in [0.1, 0.15) is 0 Å². The van der Waals surface area contributed by atoms with Gasteiger partial charge in [-0.05, 0) is 36.4 Å². The first-order valence-electron chi connectivity index (χ1n) is 6.36. The molecule has 0 radical (unpaired) electrons. The van der Waals surface area contributed by atoms with E-state index in [4.69, 9.17) is 10.8 Å². The molecule has 3 aromatic rings. The number of para-hydroxylation sites is 1. The highest BCUT2D eigenvalue weighted by molar-refractivity contribution is 5.95. The van der Waals surface area contributed by atoms with E-state index in [1.54, 1.807) is 12.1 Å². The number of anilines is 1. The van der Waals surface area contributed by atoms with Gasteiger partial charge in [0.25, 0.3) is 0 Å². The molecule has 3 rings (SSSR count). The maximum absolute atomic E-state index is 11.0. The number of benzene rings is 2. The third-order valence-corrected chi connectivity index (χ3v) is 3.23. The highest BCUT2D eigenvalue weighted by Crippen LogP contribution is 2.17. The monoisotopic (exact) mass is 276 g/mol. The summed E-state index contributed by atoms with van der Waals surface area (Å²) in [5.41, 5.74) is 8.52. The number of aromatic amines is 1. The minimum Gasteiger partial charge on any atom is -0.478 e. The van der Waals surface area contributed by atoms with Crippen molar-refractivity contribution in [2.45, 2.75) is 0 Å². The van der Waals surface area contributed by atoms with Crippen LogP contribution in [0.4, 0.5) is 5.69 Å². The molecule has 0 saturated heterocycles. The minimum absolute atomic E-state index is 0.0721. The molecule has 0 aliphatic carbocycles. The van der Waals surface area contributed by atoms with Crippen LogP contribution >= 0.6 is 0 Å². The molecular formula is C17H12N2O2. The third-order valence-electron chi connectivity index (χ3n) is 3.23. The Hall–Kier alpha value is -3.19. The summed E-state index contributed by atoms with van der Waals surface area (Å²) in [5, 5.41) is 10.1. The van der Waals surface area contributed by atoms with Crippen LogP contribution in [0.5, 0.6) is 0 Å². The number of fused-ring (bicyclic) bond motifs is 1. The highest BCUT2D eigenvalue weighted by atomic mass is 16.4. The maximum Gasteiger partial charge on any atom is 0.337 e. The lowest BCUT2D eigenvalue weighted by Gasteiger charge is -2.02. The van der Waals surface area contributed by atoms with Crippen LogP contribution in [0.3, 0.4) is 0 Å². The largest absolute Gasteiger partial charge is 0.478 e. The van der Waals surface area contributed by atoms with E-state index in [1.807, 2.05) is 30.5 Å². The van der Waals surface area contributed by atoms with Gasteiger partial charge in [0.15, 0.2) is 0 Å². The lowest BCUT2D eigenvalue weighted by molar-refractivity contribution is 0.0698. The Morgan fingerprint density at radius 1 is 1.14 bits per heavy atom. The Labute approximate surface area is 121 Å². The summed E-state index contributed by atoms with van der Waals surface area (Å²) in [4.78, 5) is 14.1. The van der Waals surface area contributed by atoms with E-state index in [0.717, 1.165) is 16.5 Å². The number of carboxylic acid groups (broad SMARTS) is 1. The molecule has 2 aromatic carbocycles. The first-order valence-corrected chi connectivity index (χ1v) is 6.36. The fourth-order valence-corrected chi connectivity index (χ4v) is 2.13. The minimum atomic E-state index is -1.05. The van der Waals surface area contributed by atoms with Gasteiger partial charge in [0.2, 0.25) is 0 Å². The molecule has 102 valence electrons. The van der Waals surface area contributed by atoms with Crippen molar-refractivity contribution < 1.29 is 9.90 Å². The zero-order valence-corrected chi connectivity index (χ0v) is 11.1. The van der Waals surface area contributed by atoms with E-state index in [9.17, 15) is 4.79 Å². The SMILES string of the molecule is Nc1c(C#Cc2ccc3[nH]ccc3c2)cccc1C(=O)O. The van der Waals surface area contributed by atoms with Crippen molar-refractivity contribution in [3.63, 3.8) is 0 Å². The van der Waals surface area contributed by atoms with Crippen LogP contribution in [-0.2, 0) is 0 Å². The van der Waals surface area contributed by atoms with E-state index < -0.39 is 5.97 Å². The second kappa shape index (κ2) is 5.06. The molecule has 0 saturated carbocycles. The van der Waals surface area contributed by atoms with E-state index in [0.29, 0.717) is 5.56 Å². The molecule has 0 aliphatic heterocycles. The molecule has 0 atom stereocenters. The van der Waals surface area contributed by atoms with Crippen LogP contribution in [0.15, 0.2) is 48.7 Å². The summed E-state index contributed by atoms with van der Waals surface area (Å²) < 4.78 is 0. The van der Waals surface area contributed by atoms with Crippen LogP contribution < -0.4 is 5.73 Å². The molecule has 0 fully saturated rings. The smallest absolute Gasteiger partial charge is 0.337 e. The first-order chi connectivity index (χ1) is 10.1. The number of carboxylic acids is 1. The standard InChI is InChI=1S/C17H12N2O2/c18-16-12(2-1-3-14(16)17(20)21)6-4-11-5-7-15-13(10-11)8-9-19-15/h1-3,5,7-10,19H,18H2,(H,20,21). The van der Waals surface area contributed by atoms with Crippen LogP contribution in [-0.4, -0.2) is 16.1 Å². The van der Waals surface area contributed by atoms with Crippen LogP contribution in [0.25, 0.3) is 10.9 Å². The zero-order chi connectivity index (χ0) is 14.8. The van der Waals surface area contributed by atoms with Crippen molar-refractivity contribution in [1.82, 2.24) is 4.98 Å². The highest BCUT2D eigenvalue weighted by Gasteiger charge is 2.09. The molecule has 4 N–H and O–H groups in total. The normalized spacial score (nSPS) is 10.1. The van der Waals surface area contributed by atoms with Gasteiger partial charge in [0, 0.05) is 28.2 Å². The van der Waals surface area contributed by atoms with E-state index in [1.165, 1.54) is 6.07 Å². The molecule has 1 heterocycles. The number of nitrogen functional groups attached to an aromatic ring is 1. The summed E-state index contributed by atoms with van der Waals surface area (Å²) in [6.45, 7) is 0. The predicted octanol–water partition coefficient (Wildman–Crippen LogP) is 2.85. The molecule has 1 aromatic heterocycles. The van der Waals surface area contributed by atoms with E-state index in [-0.39, 0.29) is 11.3 Å². The van der Waals surface area contributed by atoms with Crippen LogP contribution in [0.1, 0.15) is 21.5 Å². The molecular weight excluding hydrogens is 264 g/mol. The van der Waals surface area contributed by atoms with E-state index >= 15 is 0 Å². The van der Waals surface area contributed by atoms with Crippen molar-refractivity contribution in [2.75, 3.05) is 5.73 Å². The zero-order valence-electron chi connectivity index (χ0n) is 11.1. The van der Waals surface area contributed by atoms with Gasteiger partial charge in [-0.2, -0.15) is 0 Å². The van der Waals surface area contributed by atoms with Crippen molar-refractivity contribution >= 4 is 22.6 Å². The summed E-state index contributed by atoms with van der Waals surface area (Å²) in [7, 11) is 0. The molecule has 21 heavy (non-hydrogen) atoms. The number of aromatic carboxylic acids is 1. The van der Waals surface area contributed by atoms with Gasteiger partial charge in [-0.15, -0.1) is 0 Å². The van der Waals surface area contributed by atoms with Crippen molar-refractivity contribution in [3.8, 4) is 11.8 Å². The fraction of sp³-hybridized carbons (Fsp3) is 0. The maximum atomic E-state index is 11.0. The number of nitrogens with two attached hydrogens (primary N) is 1. The molecule has 4 nitrogen and oxygen atoms in total. The second-order valence-electron chi connectivity index (χ2n) is 4.60. The molecule has 0 unspecified atom stereocenters. The van der Waals surface area contributed by atoms with Gasteiger partial charge in [-0.3, -0.25) is 0 Å². The Morgan fingerprint density at radius 2 is 2.00 bits per heavy atom. The third kappa shape index (κ3) is 2.45. The molecule has 0 amide bonds. The number of H-pyrrole nitrogens is 1. The lowest BCUT2D eigenvalue weighted by Crippen LogP contribution is -2.03. The summed E-state index contributed by atoms with van der Waals surface area (Å²) in [6.07, 6.45) is 1.87. The molecule has 0 bridgehead atoms. The predicted molar refractivity (Wildman–Crippen MR) is 82.1 cm³/mol. The average Bonchev–Trinajstić information content (AvgIpc) is 2.93.